The number of hydrogen-bond donors (Lipinski definition) is 1. The second kappa shape index (κ2) is 9.90. The molecular formula is C15H27F3IN3O. The second-order valence-electron chi connectivity index (χ2n) is 6.20. The van der Waals surface area contributed by atoms with Crippen molar-refractivity contribution in [3.63, 3.8) is 0 Å². The van der Waals surface area contributed by atoms with Crippen molar-refractivity contribution >= 4 is 29.9 Å². The molecule has 2 unspecified atom stereocenters. The van der Waals surface area contributed by atoms with E-state index in [4.69, 9.17) is 0 Å². The molecular weight excluding hydrogens is 422 g/mol. The monoisotopic (exact) mass is 449 g/mol. The Kier molecular flexibility index (Phi) is 8.95. The van der Waals surface area contributed by atoms with Crippen LogP contribution in [0.2, 0.25) is 0 Å². The molecule has 1 saturated heterocycles. The summed E-state index contributed by atoms with van der Waals surface area (Å²) in [6.45, 7) is 1.62. The Hall–Kier alpha value is -0.250. The van der Waals surface area contributed by atoms with Crippen LogP contribution in [0.15, 0.2) is 4.99 Å². The molecule has 0 aromatic carbocycles. The van der Waals surface area contributed by atoms with E-state index in [1.165, 1.54) is 25.7 Å². The van der Waals surface area contributed by atoms with E-state index in [1.807, 2.05) is 0 Å². The van der Waals surface area contributed by atoms with E-state index in [2.05, 4.69) is 19.9 Å². The van der Waals surface area contributed by atoms with Gasteiger partial charge in [0.2, 0.25) is 0 Å². The van der Waals surface area contributed by atoms with Gasteiger partial charge in [-0.1, -0.05) is 12.8 Å². The van der Waals surface area contributed by atoms with Crippen LogP contribution in [-0.4, -0.2) is 56.9 Å². The van der Waals surface area contributed by atoms with E-state index in [0.717, 1.165) is 30.9 Å². The summed E-state index contributed by atoms with van der Waals surface area (Å²) in [6.07, 6.45) is 1.58. The number of ether oxygens (including phenoxy) is 1. The fourth-order valence-corrected chi connectivity index (χ4v) is 3.47. The molecule has 1 heterocycles. The Balaban J connectivity index is 0.00000264. The van der Waals surface area contributed by atoms with E-state index in [1.54, 1.807) is 7.05 Å². The number of nitrogens with zero attached hydrogens (tertiary/aromatic N) is 2. The van der Waals surface area contributed by atoms with Gasteiger partial charge in [0.1, 0.15) is 6.61 Å². The lowest BCUT2D eigenvalue weighted by molar-refractivity contribution is -0.173. The predicted octanol–water partition coefficient (Wildman–Crippen LogP) is 3.27. The molecule has 0 aromatic heterocycles. The van der Waals surface area contributed by atoms with Crippen molar-refractivity contribution in [2.75, 3.05) is 39.9 Å². The molecule has 23 heavy (non-hydrogen) atoms. The number of rotatable bonds is 5. The van der Waals surface area contributed by atoms with Crippen LogP contribution >= 0.6 is 24.0 Å². The van der Waals surface area contributed by atoms with Crippen molar-refractivity contribution in [2.45, 2.75) is 38.3 Å². The number of fused-ring (bicyclic) bond motifs is 1. The maximum absolute atomic E-state index is 11.9. The molecule has 8 heteroatoms. The molecule has 1 aliphatic heterocycles. The zero-order valence-corrected chi connectivity index (χ0v) is 15.9. The first-order chi connectivity index (χ1) is 10.5. The molecule has 136 valence electrons. The zero-order chi connectivity index (χ0) is 16.0. The van der Waals surface area contributed by atoms with Gasteiger partial charge in [-0.05, 0) is 31.1 Å². The molecule has 2 rings (SSSR count). The molecule has 0 amide bonds. The lowest BCUT2D eigenvalue weighted by Gasteiger charge is -2.22. The molecule has 1 aliphatic carbocycles. The van der Waals surface area contributed by atoms with Crippen molar-refractivity contribution < 1.29 is 17.9 Å². The summed E-state index contributed by atoms with van der Waals surface area (Å²) in [5.41, 5.74) is 0. The molecule has 2 aliphatic rings. The normalized spacial score (nSPS) is 25.0. The van der Waals surface area contributed by atoms with Gasteiger partial charge < -0.3 is 15.0 Å². The van der Waals surface area contributed by atoms with Crippen LogP contribution in [0.25, 0.3) is 0 Å². The number of halogens is 4. The van der Waals surface area contributed by atoms with Gasteiger partial charge in [-0.3, -0.25) is 4.99 Å². The van der Waals surface area contributed by atoms with Gasteiger partial charge in [-0.2, -0.15) is 13.2 Å². The van der Waals surface area contributed by atoms with Crippen LogP contribution in [0, 0.1) is 11.8 Å². The standard InChI is InChI=1S/C15H26F3N3O.HI/c1-19-14(20-7-4-8-22-11-15(16,17)18)21-9-12-5-2-3-6-13(12)10-21;/h12-13H,2-11H2,1H3,(H,19,20);1H. The van der Waals surface area contributed by atoms with E-state index in [0.29, 0.717) is 13.0 Å². The van der Waals surface area contributed by atoms with E-state index >= 15 is 0 Å². The van der Waals surface area contributed by atoms with Gasteiger partial charge in [0, 0.05) is 33.3 Å². The number of hydrogen-bond acceptors (Lipinski definition) is 2. The fourth-order valence-electron chi connectivity index (χ4n) is 3.47. The van der Waals surface area contributed by atoms with Gasteiger partial charge >= 0.3 is 6.18 Å². The van der Waals surface area contributed by atoms with Gasteiger partial charge in [0.15, 0.2) is 5.96 Å². The first-order valence-corrected chi connectivity index (χ1v) is 8.09. The molecule has 0 radical (unpaired) electrons. The lowest BCUT2D eigenvalue weighted by atomic mass is 9.82. The summed E-state index contributed by atoms with van der Waals surface area (Å²) >= 11 is 0. The maximum atomic E-state index is 11.9. The highest BCUT2D eigenvalue weighted by atomic mass is 127. The van der Waals surface area contributed by atoms with Gasteiger partial charge in [0.05, 0.1) is 0 Å². The Bertz CT molecular complexity index is 365. The number of aliphatic imine (C=N–C) groups is 1. The van der Waals surface area contributed by atoms with Gasteiger partial charge in [-0.25, -0.2) is 0 Å². The maximum Gasteiger partial charge on any atom is 0.411 e. The molecule has 2 fully saturated rings. The van der Waals surface area contributed by atoms with Crippen LogP contribution < -0.4 is 5.32 Å². The predicted molar refractivity (Wildman–Crippen MR) is 95.3 cm³/mol. The van der Waals surface area contributed by atoms with Crippen LogP contribution in [0.1, 0.15) is 32.1 Å². The number of nitrogens with one attached hydrogen (secondary N) is 1. The van der Waals surface area contributed by atoms with Crippen molar-refractivity contribution in [3.05, 3.63) is 0 Å². The molecule has 0 bridgehead atoms. The Morgan fingerprint density at radius 2 is 1.83 bits per heavy atom. The highest BCUT2D eigenvalue weighted by molar-refractivity contribution is 14.0. The topological polar surface area (TPSA) is 36.9 Å². The molecule has 0 spiro atoms. The fraction of sp³-hybridized carbons (Fsp3) is 0.933. The van der Waals surface area contributed by atoms with Crippen LogP contribution in [0.5, 0.6) is 0 Å². The highest BCUT2D eigenvalue weighted by Crippen LogP contribution is 2.35. The van der Waals surface area contributed by atoms with Crippen molar-refractivity contribution in [2.24, 2.45) is 16.8 Å². The average molecular weight is 449 g/mol. The van der Waals surface area contributed by atoms with Crippen LogP contribution in [0.3, 0.4) is 0 Å². The Labute approximate surface area is 153 Å². The molecule has 0 aromatic rings. The quantitative estimate of drug-likeness (QED) is 0.303. The Morgan fingerprint density at radius 1 is 1.22 bits per heavy atom. The van der Waals surface area contributed by atoms with Crippen LogP contribution in [0.4, 0.5) is 13.2 Å². The van der Waals surface area contributed by atoms with Crippen LogP contribution in [-0.2, 0) is 4.74 Å². The summed E-state index contributed by atoms with van der Waals surface area (Å²) in [5, 5.41) is 3.23. The summed E-state index contributed by atoms with van der Waals surface area (Å²) in [7, 11) is 1.75. The second-order valence-corrected chi connectivity index (χ2v) is 6.20. The van der Waals surface area contributed by atoms with Crippen molar-refractivity contribution in [1.29, 1.82) is 0 Å². The van der Waals surface area contributed by atoms with E-state index < -0.39 is 12.8 Å². The molecule has 2 atom stereocenters. The van der Waals surface area contributed by atoms with Gasteiger partial charge in [-0.15, -0.1) is 24.0 Å². The van der Waals surface area contributed by atoms with Crippen molar-refractivity contribution in [3.8, 4) is 0 Å². The molecule has 4 nitrogen and oxygen atoms in total. The zero-order valence-electron chi connectivity index (χ0n) is 13.6. The highest BCUT2D eigenvalue weighted by Gasteiger charge is 2.35. The average Bonchev–Trinajstić information content (AvgIpc) is 2.89. The smallest absolute Gasteiger partial charge is 0.372 e. The number of guanidine groups is 1. The summed E-state index contributed by atoms with van der Waals surface area (Å²) in [4.78, 5) is 6.58. The third kappa shape index (κ3) is 7.03. The summed E-state index contributed by atoms with van der Waals surface area (Å²) in [6, 6.07) is 0. The SMILES string of the molecule is CN=C(NCCCOCC(F)(F)F)N1CC2CCCCC2C1.I. The van der Waals surface area contributed by atoms with E-state index in [9.17, 15) is 13.2 Å². The third-order valence-electron chi connectivity index (χ3n) is 4.50. The largest absolute Gasteiger partial charge is 0.411 e. The summed E-state index contributed by atoms with van der Waals surface area (Å²) < 4.78 is 40.4. The number of likely N-dealkylation sites (tertiary alicyclic amines) is 1. The number of alkyl halides is 3. The molecule has 1 saturated carbocycles. The van der Waals surface area contributed by atoms with Crippen molar-refractivity contribution in [1.82, 2.24) is 10.2 Å². The molecule has 1 N–H and O–H groups in total. The Morgan fingerprint density at radius 3 is 2.35 bits per heavy atom. The van der Waals surface area contributed by atoms with E-state index in [-0.39, 0.29) is 30.6 Å². The first-order valence-electron chi connectivity index (χ1n) is 8.09. The first kappa shape index (κ1) is 20.8. The third-order valence-corrected chi connectivity index (χ3v) is 4.50. The minimum Gasteiger partial charge on any atom is -0.372 e. The minimum atomic E-state index is -4.24. The minimum absolute atomic E-state index is 0. The summed E-state index contributed by atoms with van der Waals surface area (Å²) in [5.74, 6) is 2.43. The van der Waals surface area contributed by atoms with Gasteiger partial charge in [0.25, 0.3) is 0 Å². The lowest BCUT2D eigenvalue weighted by Crippen LogP contribution is -2.40.